The number of benzene rings is 1. The predicted molar refractivity (Wildman–Crippen MR) is 90.0 cm³/mol. The molecule has 0 saturated carbocycles. The molecule has 1 N–H and O–H groups in total. The standard InChI is InChI=1S/C14H14BrF5N4O3S/c1-3-24-12(21-22-13(24)27-6-14(18,19)20)7(2)23-28(25,26)11-5-9(16)8(15)4-10(11)17/h4-5,7,23H,3,6H2,1-2H3/t7-/m1/s1. The molecule has 1 atom stereocenters. The van der Waals surface area contributed by atoms with Crippen LogP contribution in [-0.4, -0.2) is 36.0 Å². The van der Waals surface area contributed by atoms with Crippen molar-refractivity contribution in [1.82, 2.24) is 19.5 Å². The van der Waals surface area contributed by atoms with Crippen LogP contribution in [0.25, 0.3) is 0 Å². The van der Waals surface area contributed by atoms with Crippen molar-refractivity contribution in [2.45, 2.75) is 37.5 Å². The maximum absolute atomic E-state index is 14.0. The number of nitrogens with zero attached hydrogens (tertiary/aromatic N) is 3. The van der Waals surface area contributed by atoms with Crippen molar-refractivity contribution in [3.63, 3.8) is 0 Å². The molecule has 2 rings (SSSR count). The fourth-order valence-electron chi connectivity index (χ4n) is 2.23. The van der Waals surface area contributed by atoms with E-state index in [-0.39, 0.29) is 16.8 Å². The second-order valence-corrected chi connectivity index (χ2v) is 8.07. The van der Waals surface area contributed by atoms with Crippen LogP contribution >= 0.6 is 15.9 Å². The molecular formula is C14H14BrF5N4O3S. The fraction of sp³-hybridized carbons (Fsp3) is 0.429. The lowest BCUT2D eigenvalue weighted by Crippen LogP contribution is -2.30. The van der Waals surface area contributed by atoms with Gasteiger partial charge in [0.1, 0.15) is 16.5 Å². The zero-order valence-corrected chi connectivity index (χ0v) is 16.8. The van der Waals surface area contributed by atoms with Crippen LogP contribution < -0.4 is 9.46 Å². The van der Waals surface area contributed by atoms with E-state index in [1.165, 1.54) is 6.92 Å². The molecule has 156 valence electrons. The Morgan fingerprint density at radius 3 is 2.46 bits per heavy atom. The van der Waals surface area contributed by atoms with Crippen LogP contribution in [-0.2, 0) is 16.6 Å². The Kier molecular flexibility index (Phi) is 6.66. The quantitative estimate of drug-likeness (QED) is 0.473. The molecule has 7 nitrogen and oxygen atoms in total. The Morgan fingerprint density at radius 2 is 1.89 bits per heavy atom. The van der Waals surface area contributed by atoms with E-state index in [9.17, 15) is 30.4 Å². The third-order valence-corrected chi connectivity index (χ3v) is 5.57. The third-order valence-electron chi connectivity index (χ3n) is 3.41. The van der Waals surface area contributed by atoms with Crippen LogP contribution in [0.4, 0.5) is 22.0 Å². The van der Waals surface area contributed by atoms with Gasteiger partial charge in [-0.1, -0.05) is 5.10 Å². The van der Waals surface area contributed by atoms with Gasteiger partial charge < -0.3 is 4.74 Å². The molecule has 28 heavy (non-hydrogen) atoms. The van der Waals surface area contributed by atoms with Crippen molar-refractivity contribution in [2.24, 2.45) is 0 Å². The molecule has 2 aromatic rings. The lowest BCUT2D eigenvalue weighted by atomic mass is 10.3. The summed E-state index contributed by atoms with van der Waals surface area (Å²) >= 11 is 2.74. The zero-order chi connectivity index (χ0) is 21.3. The summed E-state index contributed by atoms with van der Waals surface area (Å²) in [4.78, 5) is -0.934. The maximum Gasteiger partial charge on any atom is 0.422 e. The van der Waals surface area contributed by atoms with Crippen molar-refractivity contribution in [3.8, 4) is 6.01 Å². The number of alkyl halides is 3. The van der Waals surface area contributed by atoms with Gasteiger partial charge in [0.15, 0.2) is 12.4 Å². The van der Waals surface area contributed by atoms with E-state index in [4.69, 9.17) is 0 Å². The number of aromatic nitrogens is 3. The summed E-state index contributed by atoms with van der Waals surface area (Å²) in [5.74, 6) is -2.26. The van der Waals surface area contributed by atoms with E-state index < -0.39 is 51.4 Å². The number of ether oxygens (including phenoxy) is 1. The summed E-state index contributed by atoms with van der Waals surface area (Å²) in [7, 11) is -4.52. The number of nitrogens with one attached hydrogen (secondary N) is 1. The molecule has 0 unspecified atom stereocenters. The zero-order valence-electron chi connectivity index (χ0n) is 14.4. The lowest BCUT2D eigenvalue weighted by molar-refractivity contribution is -0.155. The van der Waals surface area contributed by atoms with Gasteiger partial charge in [0.25, 0.3) is 0 Å². The van der Waals surface area contributed by atoms with Gasteiger partial charge in [0.05, 0.1) is 10.5 Å². The van der Waals surface area contributed by atoms with Crippen molar-refractivity contribution in [3.05, 3.63) is 34.1 Å². The van der Waals surface area contributed by atoms with Gasteiger partial charge in [-0.2, -0.15) is 13.2 Å². The van der Waals surface area contributed by atoms with E-state index in [1.54, 1.807) is 6.92 Å². The molecule has 0 fully saturated rings. The van der Waals surface area contributed by atoms with Crippen molar-refractivity contribution < 1.29 is 35.1 Å². The monoisotopic (exact) mass is 492 g/mol. The molecular weight excluding hydrogens is 479 g/mol. The Balaban J connectivity index is 2.28. The minimum Gasteiger partial charge on any atom is -0.454 e. The molecule has 0 radical (unpaired) electrons. The Morgan fingerprint density at radius 1 is 1.25 bits per heavy atom. The molecule has 0 saturated heterocycles. The van der Waals surface area contributed by atoms with Gasteiger partial charge in [0, 0.05) is 6.54 Å². The van der Waals surface area contributed by atoms with Crippen LogP contribution in [0.15, 0.2) is 21.5 Å². The second kappa shape index (κ2) is 8.29. The topological polar surface area (TPSA) is 86.1 Å². The van der Waals surface area contributed by atoms with Gasteiger partial charge in [-0.05, 0) is 41.9 Å². The van der Waals surface area contributed by atoms with E-state index >= 15 is 0 Å². The molecule has 0 spiro atoms. The smallest absolute Gasteiger partial charge is 0.422 e. The average Bonchev–Trinajstić information content (AvgIpc) is 2.98. The van der Waals surface area contributed by atoms with Crippen LogP contribution in [0.5, 0.6) is 6.01 Å². The normalized spacial score (nSPS) is 13.6. The summed E-state index contributed by atoms with van der Waals surface area (Å²) in [5.41, 5.74) is 0. The highest BCUT2D eigenvalue weighted by Gasteiger charge is 2.31. The summed E-state index contributed by atoms with van der Waals surface area (Å²) in [6, 6.07) is -0.433. The van der Waals surface area contributed by atoms with Gasteiger partial charge in [-0.3, -0.25) is 4.57 Å². The van der Waals surface area contributed by atoms with Gasteiger partial charge >= 0.3 is 12.2 Å². The summed E-state index contributed by atoms with van der Waals surface area (Å²) in [6.45, 7) is 1.34. The molecule has 0 bridgehead atoms. The second-order valence-electron chi connectivity index (χ2n) is 5.53. The minimum atomic E-state index is -4.60. The van der Waals surface area contributed by atoms with Crippen molar-refractivity contribution in [2.75, 3.05) is 6.61 Å². The Labute approximate surface area is 165 Å². The first-order valence-corrected chi connectivity index (χ1v) is 9.93. The van der Waals surface area contributed by atoms with Gasteiger partial charge in [-0.25, -0.2) is 21.9 Å². The van der Waals surface area contributed by atoms with Crippen LogP contribution in [0, 0.1) is 11.6 Å². The van der Waals surface area contributed by atoms with Gasteiger partial charge in [-0.15, -0.1) is 5.10 Å². The van der Waals surface area contributed by atoms with E-state index in [2.05, 4.69) is 35.6 Å². The largest absolute Gasteiger partial charge is 0.454 e. The number of halogens is 6. The Hall–Kier alpha value is -1.80. The highest BCUT2D eigenvalue weighted by Crippen LogP contribution is 2.25. The highest BCUT2D eigenvalue weighted by molar-refractivity contribution is 9.10. The minimum absolute atomic E-state index is 0.0683. The summed E-state index contributed by atoms with van der Waals surface area (Å²) < 4.78 is 96.8. The van der Waals surface area contributed by atoms with E-state index in [0.29, 0.717) is 12.1 Å². The van der Waals surface area contributed by atoms with E-state index in [0.717, 1.165) is 4.57 Å². The van der Waals surface area contributed by atoms with Crippen molar-refractivity contribution >= 4 is 26.0 Å². The predicted octanol–water partition coefficient (Wildman–Crippen LogP) is 3.32. The van der Waals surface area contributed by atoms with E-state index in [1.807, 2.05) is 0 Å². The molecule has 1 heterocycles. The number of rotatable bonds is 7. The lowest BCUT2D eigenvalue weighted by Gasteiger charge is -2.16. The third kappa shape index (κ3) is 5.17. The molecule has 14 heteroatoms. The van der Waals surface area contributed by atoms with Crippen LogP contribution in [0.1, 0.15) is 25.7 Å². The summed E-state index contributed by atoms with van der Waals surface area (Å²) in [6.07, 6.45) is -4.60. The average molecular weight is 493 g/mol. The number of hydrogen-bond acceptors (Lipinski definition) is 5. The molecule has 1 aromatic heterocycles. The first-order valence-electron chi connectivity index (χ1n) is 7.65. The van der Waals surface area contributed by atoms with Crippen LogP contribution in [0.3, 0.4) is 0 Å². The first kappa shape index (κ1) is 22.5. The highest BCUT2D eigenvalue weighted by atomic mass is 79.9. The molecule has 0 aliphatic heterocycles. The SMILES string of the molecule is CCn1c(OCC(F)(F)F)nnc1[C@@H](C)NS(=O)(=O)c1cc(F)c(Br)cc1F. The fourth-order valence-corrected chi connectivity index (χ4v) is 3.82. The first-order chi connectivity index (χ1) is 12.9. The molecule has 0 aliphatic carbocycles. The molecule has 0 amide bonds. The maximum atomic E-state index is 14.0. The molecule has 1 aromatic carbocycles. The van der Waals surface area contributed by atoms with Gasteiger partial charge in [0.2, 0.25) is 10.0 Å². The molecule has 0 aliphatic rings. The van der Waals surface area contributed by atoms with Crippen molar-refractivity contribution in [1.29, 1.82) is 0 Å². The van der Waals surface area contributed by atoms with Crippen LogP contribution in [0.2, 0.25) is 0 Å². The number of sulfonamides is 1. The summed E-state index contributed by atoms with van der Waals surface area (Å²) in [5, 5.41) is 7.11. The Bertz CT molecular complexity index is 965. The number of hydrogen-bond donors (Lipinski definition) is 1.